The lowest BCUT2D eigenvalue weighted by atomic mass is 10.6. The van der Waals surface area contributed by atoms with Gasteiger partial charge in [-0.3, -0.25) is 4.55 Å². The lowest BCUT2D eigenvalue weighted by Gasteiger charge is -2.13. The molecular weight excluding hydrogens is 156 g/mol. The van der Waals surface area contributed by atoms with Crippen molar-refractivity contribution < 1.29 is 13.0 Å². The maximum atomic E-state index is 10.4. The quantitative estimate of drug-likeness (QED) is 0.531. The van der Waals surface area contributed by atoms with Crippen molar-refractivity contribution in [2.75, 3.05) is 19.6 Å². The SMILES string of the molecule is CCN(CCN)S(=O)(=O)O. The first-order valence-corrected chi connectivity index (χ1v) is 4.34. The molecule has 10 heavy (non-hydrogen) atoms. The van der Waals surface area contributed by atoms with Gasteiger partial charge in [0.05, 0.1) is 0 Å². The molecule has 0 saturated carbocycles. The minimum absolute atomic E-state index is 0.162. The average Bonchev–Trinajstić information content (AvgIpc) is 1.80. The molecule has 0 aliphatic rings. The Morgan fingerprint density at radius 3 is 2.20 bits per heavy atom. The summed E-state index contributed by atoms with van der Waals surface area (Å²) in [6, 6.07) is 0. The third-order valence-corrected chi connectivity index (χ3v) is 2.15. The van der Waals surface area contributed by atoms with Gasteiger partial charge in [-0.15, -0.1) is 0 Å². The van der Waals surface area contributed by atoms with Crippen molar-refractivity contribution >= 4 is 10.3 Å². The molecule has 3 N–H and O–H groups in total. The molecule has 0 unspecified atom stereocenters. The summed E-state index contributed by atoms with van der Waals surface area (Å²) in [5.74, 6) is 0. The van der Waals surface area contributed by atoms with E-state index in [4.69, 9.17) is 10.3 Å². The number of likely N-dealkylation sites (N-methyl/N-ethyl adjacent to an activating group) is 1. The molecule has 0 aromatic carbocycles. The molecule has 0 fully saturated rings. The highest BCUT2D eigenvalue weighted by Gasteiger charge is 2.14. The summed E-state index contributed by atoms with van der Waals surface area (Å²) >= 11 is 0. The highest BCUT2D eigenvalue weighted by molar-refractivity contribution is 7.83. The summed E-state index contributed by atoms with van der Waals surface area (Å²) in [6.45, 7) is 2.25. The van der Waals surface area contributed by atoms with Gasteiger partial charge in [-0.25, -0.2) is 0 Å². The predicted molar refractivity (Wildman–Crippen MR) is 37.8 cm³/mol. The zero-order chi connectivity index (χ0) is 8.20. The first-order valence-electron chi connectivity index (χ1n) is 2.95. The van der Waals surface area contributed by atoms with Gasteiger partial charge in [-0.2, -0.15) is 12.7 Å². The third kappa shape index (κ3) is 3.11. The smallest absolute Gasteiger partial charge is 0.329 e. The molecule has 5 nitrogen and oxygen atoms in total. The largest absolute Gasteiger partial charge is 0.335 e. The Hall–Kier alpha value is -0.170. The number of nitrogens with zero attached hydrogens (tertiary/aromatic N) is 1. The van der Waals surface area contributed by atoms with E-state index < -0.39 is 10.3 Å². The molecule has 0 heterocycles. The van der Waals surface area contributed by atoms with Crippen LogP contribution >= 0.6 is 0 Å². The molecule has 0 rings (SSSR count). The van der Waals surface area contributed by atoms with E-state index in [0.717, 1.165) is 4.31 Å². The zero-order valence-electron chi connectivity index (χ0n) is 5.82. The Morgan fingerprint density at radius 2 is 2.10 bits per heavy atom. The van der Waals surface area contributed by atoms with E-state index in [9.17, 15) is 8.42 Å². The first-order chi connectivity index (χ1) is 4.52. The minimum Gasteiger partial charge on any atom is -0.329 e. The second-order valence-electron chi connectivity index (χ2n) is 1.76. The van der Waals surface area contributed by atoms with Crippen LogP contribution in [-0.2, 0) is 10.3 Å². The second-order valence-corrected chi connectivity index (χ2v) is 3.17. The van der Waals surface area contributed by atoms with Crippen molar-refractivity contribution in [2.24, 2.45) is 5.73 Å². The molecule has 62 valence electrons. The molecule has 0 aromatic rings. The lowest BCUT2D eigenvalue weighted by molar-refractivity contribution is 0.366. The van der Waals surface area contributed by atoms with Gasteiger partial charge in [0, 0.05) is 19.6 Å². The van der Waals surface area contributed by atoms with Crippen LogP contribution in [0.25, 0.3) is 0 Å². The Morgan fingerprint density at radius 1 is 1.60 bits per heavy atom. The highest BCUT2D eigenvalue weighted by Crippen LogP contribution is 1.93. The molecule has 0 spiro atoms. The fraction of sp³-hybridized carbons (Fsp3) is 1.00. The van der Waals surface area contributed by atoms with Gasteiger partial charge in [0.25, 0.3) is 0 Å². The summed E-state index contributed by atoms with van der Waals surface area (Å²) in [4.78, 5) is 0. The maximum Gasteiger partial charge on any atom is 0.335 e. The summed E-state index contributed by atoms with van der Waals surface area (Å²) < 4.78 is 30.1. The maximum absolute atomic E-state index is 10.4. The summed E-state index contributed by atoms with van der Waals surface area (Å²) in [7, 11) is -4.02. The van der Waals surface area contributed by atoms with Crippen molar-refractivity contribution in [3.63, 3.8) is 0 Å². The van der Waals surface area contributed by atoms with E-state index in [1.165, 1.54) is 0 Å². The number of hydrogen-bond acceptors (Lipinski definition) is 3. The van der Waals surface area contributed by atoms with Gasteiger partial charge in [0.15, 0.2) is 0 Å². The topological polar surface area (TPSA) is 83.6 Å². The van der Waals surface area contributed by atoms with Crippen molar-refractivity contribution in [3.8, 4) is 0 Å². The normalized spacial score (nSPS) is 12.4. The third-order valence-electron chi connectivity index (χ3n) is 1.06. The molecule has 6 heteroatoms. The Labute approximate surface area is 60.7 Å². The molecule has 0 aliphatic heterocycles. The number of hydrogen-bond donors (Lipinski definition) is 2. The van der Waals surface area contributed by atoms with Crippen molar-refractivity contribution in [1.29, 1.82) is 0 Å². The first kappa shape index (κ1) is 9.83. The average molecular weight is 168 g/mol. The van der Waals surface area contributed by atoms with Crippen LogP contribution in [0.1, 0.15) is 6.92 Å². The van der Waals surface area contributed by atoms with Crippen LogP contribution in [0, 0.1) is 0 Å². The van der Waals surface area contributed by atoms with Crippen molar-refractivity contribution in [1.82, 2.24) is 4.31 Å². The van der Waals surface area contributed by atoms with Crippen molar-refractivity contribution in [2.45, 2.75) is 6.92 Å². The molecule has 0 aliphatic carbocycles. The summed E-state index contributed by atoms with van der Waals surface area (Å²) in [5.41, 5.74) is 5.08. The summed E-state index contributed by atoms with van der Waals surface area (Å²) in [6.07, 6.45) is 0. The van der Waals surface area contributed by atoms with Crippen LogP contribution in [0.5, 0.6) is 0 Å². The highest BCUT2D eigenvalue weighted by atomic mass is 32.2. The van der Waals surface area contributed by atoms with Crippen LogP contribution in [-0.4, -0.2) is 36.9 Å². The van der Waals surface area contributed by atoms with E-state index in [0.29, 0.717) is 0 Å². The molecule has 0 aromatic heterocycles. The van der Waals surface area contributed by atoms with Crippen LogP contribution in [0.2, 0.25) is 0 Å². The Balaban J connectivity index is 4.08. The van der Waals surface area contributed by atoms with Crippen LogP contribution in [0.15, 0.2) is 0 Å². The van der Waals surface area contributed by atoms with E-state index in [1.54, 1.807) is 6.92 Å². The van der Waals surface area contributed by atoms with Crippen molar-refractivity contribution in [3.05, 3.63) is 0 Å². The van der Waals surface area contributed by atoms with E-state index in [2.05, 4.69) is 0 Å². The standard InChI is InChI=1S/C4H12N2O3S/c1-2-6(4-3-5)10(7,8)9/h2-5H2,1H3,(H,7,8,9). The minimum atomic E-state index is -4.02. The Kier molecular flexibility index (Phi) is 3.80. The monoisotopic (exact) mass is 168 g/mol. The number of nitrogens with two attached hydrogens (primary N) is 1. The summed E-state index contributed by atoms with van der Waals surface area (Å²) in [5, 5.41) is 0. The van der Waals surface area contributed by atoms with Gasteiger partial charge in [0.2, 0.25) is 0 Å². The molecule has 0 radical (unpaired) electrons. The number of rotatable bonds is 4. The second kappa shape index (κ2) is 3.87. The molecular formula is C4H12N2O3S. The fourth-order valence-corrected chi connectivity index (χ4v) is 1.24. The van der Waals surface area contributed by atoms with E-state index in [1.807, 2.05) is 0 Å². The van der Waals surface area contributed by atoms with Gasteiger partial charge in [0.1, 0.15) is 0 Å². The van der Waals surface area contributed by atoms with Crippen LogP contribution in [0.3, 0.4) is 0 Å². The van der Waals surface area contributed by atoms with Gasteiger partial charge in [-0.05, 0) is 0 Å². The molecule has 0 saturated heterocycles. The van der Waals surface area contributed by atoms with Gasteiger partial charge >= 0.3 is 10.3 Å². The van der Waals surface area contributed by atoms with E-state index in [-0.39, 0.29) is 19.6 Å². The Bertz CT molecular complexity index is 177. The molecule has 0 amide bonds. The fourth-order valence-electron chi connectivity index (χ4n) is 0.581. The van der Waals surface area contributed by atoms with Gasteiger partial charge < -0.3 is 5.73 Å². The van der Waals surface area contributed by atoms with Crippen LogP contribution in [0.4, 0.5) is 0 Å². The van der Waals surface area contributed by atoms with Gasteiger partial charge in [-0.1, -0.05) is 6.92 Å². The van der Waals surface area contributed by atoms with E-state index >= 15 is 0 Å². The predicted octanol–water partition coefficient (Wildman–Crippen LogP) is -0.930. The zero-order valence-corrected chi connectivity index (χ0v) is 6.63. The molecule has 0 atom stereocenters. The lowest BCUT2D eigenvalue weighted by Crippen LogP contribution is -2.34. The van der Waals surface area contributed by atoms with Crippen LogP contribution < -0.4 is 5.73 Å². The molecule has 0 bridgehead atoms.